The maximum absolute atomic E-state index is 11.4. The van der Waals surface area contributed by atoms with Gasteiger partial charge in [0.15, 0.2) is 0 Å². The van der Waals surface area contributed by atoms with Crippen LogP contribution in [0, 0.1) is 10.8 Å². The summed E-state index contributed by atoms with van der Waals surface area (Å²) in [4.78, 5) is 1.18. The molecule has 1 N–H and O–H groups in total. The zero-order valence-corrected chi connectivity index (χ0v) is 21.5. The normalized spacial score (nSPS) is 19.2. The Bertz CT molecular complexity index is 1410. The van der Waals surface area contributed by atoms with Crippen LogP contribution < -0.4 is 4.74 Å². The van der Waals surface area contributed by atoms with Crippen molar-refractivity contribution in [2.45, 2.75) is 52.4 Å². The van der Waals surface area contributed by atoms with Gasteiger partial charge in [-0.2, -0.15) is 0 Å². The van der Waals surface area contributed by atoms with Gasteiger partial charge in [0.25, 0.3) is 0 Å². The highest BCUT2D eigenvalue weighted by molar-refractivity contribution is 7.13. The molecule has 0 aliphatic heterocycles. The van der Waals surface area contributed by atoms with E-state index >= 15 is 0 Å². The molecule has 3 aromatic carbocycles. The highest BCUT2D eigenvalue weighted by Gasteiger charge is 2.53. The molecule has 1 fully saturated rings. The molecule has 4 aromatic rings. The summed E-state index contributed by atoms with van der Waals surface area (Å²) in [7, 11) is 1.71. The van der Waals surface area contributed by atoms with E-state index < -0.39 is 0 Å². The van der Waals surface area contributed by atoms with Crippen molar-refractivity contribution in [3.05, 3.63) is 71.1 Å². The molecule has 1 aromatic heterocycles. The number of methoxy groups -OCH3 is 1. The third-order valence-corrected chi connectivity index (χ3v) is 8.87. The van der Waals surface area contributed by atoms with Crippen LogP contribution in [0.25, 0.3) is 32.3 Å². The largest absolute Gasteiger partial charge is 0.507 e. The zero-order chi connectivity index (χ0) is 23.9. The molecule has 0 amide bonds. The van der Waals surface area contributed by atoms with E-state index in [9.17, 15) is 5.11 Å². The van der Waals surface area contributed by atoms with Crippen molar-refractivity contribution in [2.24, 2.45) is 10.8 Å². The van der Waals surface area contributed by atoms with Gasteiger partial charge in [-0.05, 0) is 87.4 Å². The van der Waals surface area contributed by atoms with Crippen LogP contribution in [0.4, 0.5) is 0 Å². The van der Waals surface area contributed by atoms with E-state index in [-0.39, 0.29) is 16.2 Å². The number of phenols is 1. The first-order valence-electron chi connectivity index (χ1n) is 12.2. The average Bonchev–Trinajstić information content (AvgIpc) is 3.38. The van der Waals surface area contributed by atoms with Gasteiger partial charge in [0.2, 0.25) is 0 Å². The predicted octanol–water partition coefficient (Wildman–Crippen LogP) is 8.79. The second-order valence-corrected chi connectivity index (χ2v) is 12.8. The fraction of sp³-hybridized carbons (Fsp3) is 0.355. The Hall–Kier alpha value is -2.78. The summed E-state index contributed by atoms with van der Waals surface area (Å²) in [6, 6.07) is 19.5. The minimum Gasteiger partial charge on any atom is -0.507 e. The summed E-state index contributed by atoms with van der Waals surface area (Å²) >= 11 is 1.72. The molecule has 0 unspecified atom stereocenters. The van der Waals surface area contributed by atoms with Gasteiger partial charge in [0.05, 0.1) is 7.11 Å². The van der Waals surface area contributed by atoms with E-state index in [1.807, 2.05) is 6.07 Å². The quantitative estimate of drug-likeness (QED) is 0.318. The van der Waals surface area contributed by atoms with Gasteiger partial charge in [-0.15, -0.1) is 11.3 Å². The monoisotopic (exact) mass is 468 g/mol. The number of benzene rings is 3. The van der Waals surface area contributed by atoms with Crippen LogP contribution in [0.5, 0.6) is 11.5 Å². The second-order valence-electron chi connectivity index (χ2n) is 11.9. The minimum atomic E-state index is -0.0914. The molecule has 0 radical (unpaired) electrons. The average molecular weight is 469 g/mol. The van der Waals surface area contributed by atoms with Gasteiger partial charge in [0, 0.05) is 21.2 Å². The maximum atomic E-state index is 11.4. The number of fused-ring (bicyclic) bond motifs is 7. The maximum Gasteiger partial charge on any atom is 0.128 e. The SMILES string of the molecule is COc1cc2c(O)cc3c(c2cc1-c1cccs1)-c1ccccc1C31CC(C)(C)CC(C)(C)C1. The van der Waals surface area contributed by atoms with Crippen LogP contribution in [0.1, 0.15) is 58.1 Å². The molecule has 2 aliphatic rings. The van der Waals surface area contributed by atoms with Crippen LogP contribution in [-0.2, 0) is 5.41 Å². The van der Waals surface area contributed by atoms with Crippen LogP contribution >= 0.6 is 11.3 Å². The number of phenolic OH excluding ortho intramolecular Hbond substituents is 1. The summed E-state index contributed by atoms with van der Waals surface area (Å²) in [6.07, 6.45) is 3.39. The summed E-state index contributed by atoms with van der Waals surface area (Å²) < 4.78 is 5.78. The van der Waals surface area contributed by atoms with Gasteiger partial charge in [0.1, 0.15) is 11.5 Å². The van der Waals surface area contributed by atoms with Gasteiger partial charge < -0.3 is 9.84 Å². The molecular formula is C31H32O2S. The van der Waals surface area contributed by atoms with Crippen molar-refractivity contribution < 1.29 is 9.84 Å². The topological polar surface area (TPSA) is 29.5 Å². The molecule has 1 spiro atoms. The fourth-order valence-electron chi connectivity index (χ4n) is 7.65. The Kier molecular flexibility index (Phi) is 4.55. The summed E-state index contributed by atoms with van der Waals surface area (Å²) in [5.74, 6) is 1.14. The molecule has 2 nitrogen and oxygen atoms in total. The van der Waals surface area contributed by atoms with Gasteiger partial charge in [-0.1, -0.05) is 58.0 Å². The van der Waals surface area contributed by atoms with E-state index in [0.717, 1.165) is 34.9 Å². The molecule has 174 valence electrons. The van der Waals surface area contributed by atoms with E-state index in [1.54, 1.807) is 18.4 Å². The van der Waals surface area contributed by atoms with E-state index in [0.29, 0.717) is 5.75 Å². The number of ether oxygens (including phenoxy) is 1. The first-order valence-corrected chi connectivity index (χ1v) is 13.0. The highest BCUT2D eigenvalue weighted by Crippen LogP contribution is 2.65. The standard InChI is InChI=1S/C31H32O2S/c1-29(2)16-30(3,4)18-31(17-29)23-10-7-6-9-19(23)28-21-13-22(27-11-8-12-34-27)26(33-5)14-20(21)25(32)15-24(28)31/h6-15,32H,16-18H2,1-5H3. The molecule has 34 heavy (non-hydrogen) atoms. The lowest BCUT2D eigenvalue weighted by Gasteiger charge is -2.51. The molecule has 1 heterocycles. The lowest BCUT2D eigenvalue weighted by molar-refractivity contribution is 0.0645. The molecule has 0 bridgehead atoms. The Morgan fingerprint density at radius 3 is 2.21 bits per heavy atom. The van der Waals surface area contributed by atoms with Crippen LogP contribution in [0.2, 0.25) is 0 Å². The minimum absolute atomic E-state index is 0.0914. The molecule has 3 heteroatoms. The van der Waals surface area contributed by atoms with Crippen molar-refractivity contribution in [3.63, 3.8) is 0 Å². The van der Waals surface area contributed by atoms with Crippen molar-refractivity contribution in [1.29, 1.82) is 0 Å². The number of aromatic hydroxyl groups is 1. The van der Waals surface area contributed by atoms with E-state index in [2.05, 4.69) is 81.6 Å². The van der Waals surface area contributed by atoms with Crippen LogP contribution in [0.15, 0.2) is 60.0 Å². The fourth-order valence-corrected chi connectivity index (χ4v) is 8.40. The van der Waals surface area contributed by atoms with Crippen LogP contribution in [-0.4, -0.2) is 12.2 Å². The van der Waals surface area contributed by atoms with Crippen molar-refractivity contribution >= 4 is 22.1 Å². The summed E-state index contributed by atoms with van der Waals surface area (Å²) in [6.45, 7) is 9.65. The van der Waals surface area contributed by atoms with Gasteiger partial charge >= 0.3 is 0 Å². The predicted molar refractivity (Wildman–Crippen MR) is 143 cm³/mol. The van der Waals surface area contributed by atoms with Crippen molar-refractivity contribution in [1.82, 2.24) is 0 Å². The Morgan fingerprint density at radius 2 is 1.53 bits per heavy atom. The lowest BCUT2D eigenvalue weighted by atomic mass is 9.52. The Morgan fingerprint density at radius 1 is 0.794 bits per heavy atom. The second kappa shape index (κ2) is 7.11. The lowest BCUT2D eigenvalue weighted by Crippen LogP contribution is -2.43. The van der Waals surface area contributed by atoms with Crippen LogP contribution in [0.3, 0.4) is 0 Å². The molecule has 6 rings (SSSR count). The molecular weight excluding hydrogens is 436 g/mol. The third-order valence-electron chi connectivity index (χ3n) is 7.97. The Balaban J connectivity index is 1.73. The molecule has 0 atom stereocenters. The van der Waals surface area contributed by atoms with Crippen molar-refractivity contribution in [2.75, 3.05) is 7.11 Å². The molecule has 0 saturated heterocycles. The first-order chi connectivity index (χ1) is 16.1. The van der Waals surface area contributed by atoms with Gasteiger partial charge in [-0.3, -0.25) is 0 Å². The first kappa shape index (κ1) is 21.7. The number of thiophene rings is 1. The van der Waals surface area contributed by atoms with E-state index in [4.69, 9.17) is 4.74 Å². The van der Waals surface area contributed by atoms with E-state index in [1.165, 1.54) is 33.6 Å². The smallest absolute Gasteiger partial charge is 0.128 e. The molecule has 2 aliphatic carbocycles. The highest BCUT2D eigenvalue weighted by atomic mass is 32.1. The number of hydrogen-bond donors (Lipinski definition) is 1. The molecule has 1 saturated carbocycles. The van der Waals surface area contributed by atoms with Gasteiger partial charge in [-0.25, -0.2) is 0 Å². The van der Waals surface area contributed by atoms with Crippen molar-refractivity contribution in [3.8, 4) is 33.1 Å². The Labute approximate surface area is 206 Å². The third kappa shape index (κ3) is 3.06. The number of hydrogen-bond acceptors (Lipinski definition) is 3. The zero-order valence-electron chi connectivity index (χ0n) is 20.7. The summed E-state index contributed by atoms with van der Waals surface area (Å²) in [5.41, 5.74) is 6.74. The number of rotatable bonds is 2. The summed E-state index contributed by atoms with van der Waals surface area (Å²) in [5, 5.41) is 15.5.